The summed E-state index contributed by atoms with van der Waals surface area (Å²) in [5.74, 6) is 0.479. The van der Waals surface area contributed by atoms with Crippen molar-refractivity contribution < 1.29 is 4.79 Å². The molecule has 0 saturated carbocycles. The first-order valence-corrected chi connectivity index (χ1v) is 11.7. The van der Waals surface area contributed by atoms with Crippen molar-refractivity contribution in [1.82, 2.24) is 14.9 Å². The molecule has 0 radical (unpaired) electrons. The fourth-order valence-corrected chi connectivity index (χ4v) is 4.53. The Morgan fingerprint density at radius 1 is 1.00 bits per heavy atom. The maximum absolute atomic E-state index is 12.7. The Morgan fingerprint density at radius 3 is 2.43 bits per heavy atom. The molecule has 1 aliphatic heterocycles. The first kappa shape index (κ1) is 22.6. The van der Waals surface area contributed by atoms with Crippen LogP contribution < -0.4 is 11.5 Å². The van der Waals surface area contributed by atoms with Crippen molar-refractivity contribution in [3.05, 3.63) is 36.3 Å². The molecule has 2 atom stereocenters. The highest BCUT2D eigenvalue weighted by Gasteiger charge is 2.31. The number of piperidine rings is 1. The van der Waals surface area contributed by atoms with Crippen molar-refractivity contribution in [2.24, 2.45) is 11.5 Å². The van der Waals surface area contributed by atoms with Crippen LogP contribution in [0.15, 0.2) is 30.6 Å². The van der Waals surface area contributed by atoms with Crippen LogP contribution in [0.4, 0.5) is 0 Å². The van der Waals surface area contributed by atoms with E-state index >= 15 is 0 Å². The van der Waals surface area contributed by atoms with Crippen molar-refractivity contribution in [3.8, 4) is 0 Å². The van der Waals surface area contributed by atoms with Gasteiger partial charge in [0.05, 0.1) is 17.4 Å². The highest BCUT2D eigenvalue weighted by atomic mass is 16.2. The standard InChI is InChI=1S/C24H37N5O/c25-15-10-6-4-2-1-3-5-7-13-23(30)29-16-14-19(17-22(29)26)24-20-11-8-9-12-21(20)27-18-28-24/h8-9,11-12,18-19,22H,1-7,10,13-17,25-26H2. The SMILES string of the molecule is NCCCCCCCCCCC(=O)N1CCC(c2ncnc3ccccc23)CC1N. The lowest BCUT2D eigenvalue weighted by molar-refractivity contribution is -0.135. The molecule has 0 bridgehead atoms. The summed E-state index contributed by atoms with van der Waals surface area (Å²) in [5.41, 5.74) is 14.0. The summed E-state index contributed by atoms with van der Waals surface area (Å²) in [6.45, 7) is 1.52. The lowest BCUT2D eigenvalue weighted by atomic mass is 9.89. The molecule has 6 nitrogen and oxygen atoms in total. The summed E-state index contributed by atoms with van der Waals surface area (Å²) in [5, 5.41) is 1.10. The molecule has 6 heteroatoms. The molecule has 2 heterocycles. The summed E-state index contributed by atoms with van der Waals surface area (Å²) in [7, 11) is 0. The number of rotatable bonds is 11. The van der Waals surface area contributed by atoms with Gasteiger partial charge >= 0.3 is 0 Å². The highest BCUT2D eigenvalue weighted by molar-refractivity contribution is 5.81. The molecule has 1 aliphatic rings. The third-order valence-electron chi connectivity index (χ3n) is 6.27. The summed E-state index contributed by atoms with van der Waals surface area (Å²) in [6, 6.07) is 8.10. The Morgan fingerprint density at radius 2 is 1.70 bits per heavy atom. The number of benzene rings is 1. The zero-order valence-corrected chi connectivity index (χ0v) is 18.1. The van der Waals surface area contributed by atoms with Crippen LogP contribution in [-0.4, -0.2) is 40.0 Å². The summed E-state index contributed by atoms with van der Waals surface area (Å²) in [6.07, 6.45) is 13.2. The van der Waals surface area contributed by atoms with E-state index in [1.165, 1.54) is 32.1 Å². The van der Waals surface area contributed by atoms with E-state index in [1.54, 1.807) is 6.33 Å². The molecule has 0 spiro atoms. The van der Waals surface area contributed by atoms with E-state index in [4.69, 9.17) is 11.5 Å². The number of fused-ring (bicyclic) bond motifs is 1. The first-order chi connectivity index (χ1) is 14.7. The average molecular weight is 412 g/mol. The summed E-state index contributed by atoms with van der Waals surface area (Å²) >= 11 is 0. The Labute approximate surface area is 180 Å². The highest BCUT2D eigenvalue weighted by Crippen LogP contribution is 2.32. The van der Waals surface area contributed by atoms with Gasteiger partial charge in [0.15, 0.2) is 0 Å². The van der Waals surface area contributed by atoms with Gasteiger partial charge in [-0.25, -0.2) is 9.97 Å². The Kier molecular flexibility index (Phi) is 9.02. The number of aromatic nitrogens is 2. The number of unbranched alkanes of at least 4 members (excludes halogenated alkanes) is 7. The topological polar surface area (TPSA) is 98.1 Å². The largest absolute Gasteiger partial charge is 0.330 e. The summed E-state index contributed by atoms with van der Waals surface area (Å²) < 4.78 is 0. The molecule has 4 N–H and O–H groups in total. The minimum atomic E-state index is -0.229. The summed E-state index contributed by atoms with van der Waals surface area (Å²) in [4.78, 5) is 23.5. The maximum Gasteiger partial charge on any atom is 0.223 e. The smallest absolute Gasteiger partial charge is 0.223 e. The third kappa shape index (κ3) is 6.22. The number of carbonyl (C=O) groups excluding carboxylic acids is 1. The third-order valence-corrected chi connectivity index (χ3v) is 6.27. The van der Waals surface area contributed by atoms with E-state index in [-0.39, 0.29) is 18.0 Å². The van der Waals surface area contributed by atoms with Crippen LogP contribution in [0.2, 0.25) is 0 Å². The van der Waals surface area contributed by atoms with Gasteiger partial charge in [0, 0.05) is 24.3 Å². The van der Waals surface area contributed by atoms with E-state index in [2.05, 4.69) is 16.0 Å². The number of nitrogens with two attached hydrogens (primary N) is 2. The van der Waals surface area contributed by atoms with Crippen LogP contribution in [0.25, 0.3) is 10.9 Å². The van der Waals surface area contributed by atoms with Gasteiger partial charge in [-0.3, -0.25) is 4.79 Å². The van der Waals surface area contributed by atoms with Crippen LogP contribution in [0.1, 0.15) is 82.2 Å². The van der Waals surface area contributed by atoms with Crippen LogP contribution in [0.5, 0.6) is 0 Å². The molecule has 0 aliphatic carbocycles. The first-order valence-electron chi connectivity index (χ1n) is 11.7. The monoisotopic (exact) mass is 411 g/mol. The molecule has 1 amide bonds. The number of likely N-dealkylation sites (tertiary alicyclic amines) is 1. The van der Waals surface area contributed by atoms with Gasteiger partial charge in [0.1, 0.15) is 6.33 Å². The molecule has 164 valence electrons. The lowest BCUT2D eigenvalue weighted by Gasteiger charge is -2.37. The second kappa shape index (κ2) is 12.0. The molecule has 2 unspecified atom stereocenters. The van der Waals surface area contributed by atoms with Crippen LogP contribution in [0, 0.1) is 0 Å². The van der Waals surface area contributed by atoms with Crippen LogP contribution in [0.3, 0.4) is 0 Å². The van der Waals surface area contributed by atoms with Crippen molar-refractivity contribution in [3.63, 3.8) is 0 Å². The van der Waals surface area contributed by atoms with E-state index in [0.717, 1.165) is 55.2 Å². The molecule has 1 aromatic carbocycles. The van der Waals surface area contributed by atoms with Crippen molar-refractivity contribution in [2.75, 3.05) is 13.1 Å². The van der Waals surface area contributed by atoms with E-state index < -0.39 is 0 Å². The van der Waals surface area contributed by atoms with Crippen molar-refractivity contribution in [1.29, 1.82) is 0 Å². The van der Waals surface area contributed by atoms with Gasteiger partial charge in [0.25, 0.3) is 0 Å². The van der Waals surface area contributed by atoms with Gasteiger partial charge in [0.2, 0.25) is 5.91 Å². The molecular weight excluding hydrogens is 374 g/mol. The fraction of sp³-hybridized carbons (Fsp3) is 0.625. The zero-order valence-electron chi connectivity index (χ0n) is 18.1. The minimum Gasteiger partial charge on any atom is -0.330 e. The molecule has 1 fully saturated rings. The number of amides is 1. The number of hydrogen-bond donors (Lipinski definition) is 2. The quantitative estimate of drug-likeness (QED) is 0.543. The average Bonchev–Trinajstić information content (AvgIpc) is 2.77. The second-order valence-electron chi connectivity index (χ2n) is 8.52. The fourth-order valence-electron chi connectivity index (χ4n) is 4.53. The molecule has 3 rings (SSSR count). The van der Waals surface area contributed by atoms with E-state index in [9.17, 15) is 4.79 Å². The predicted octanol–water partition coefficient (Wildman–Crippen LogP) is 4.09. The minimum absolute atomic E-state index is 0.205. The van der Waals surface area contributed by atoms with Gasteiger partial charge in [-0.1, -0.05) is 56.7 Å². The van der Waals surface area contributed by atoms with Gasteiger partial charge in [-0.2, -0.15) is 0 Å². The van der Waals surface area contributed by atoms with Crippen molar-refractivity contribution >= 4 is 16.8 Å². The molecule has 1 saturated heterocycles. The molecule has 2 aromatic rings. The normalized spacial score (nSPS) is 19.3. The van der Waals surface area contributed by atoms with Gasteiger partial charge in [-0.05, 0) is 38.3 Å². The maximum atomic E-state index is 12.7. The number of nitrogens with zero attached hydrogens (tertiary/aromatic N) is 3. The number of para-hydroxylation sites is 1. The molecule has 30 heavy (non-hydrogen) atoms. The lowest BCUT2D eigenvalue weighted by Crippen LogP contribution is -2.50. The number of carbonyl (C=O) groups is 1. The van der Waals surface area contributed by atoms with Gasteiger partial charge < -0.3 is 16.4 Å². The second-order valence-corrected chi connectivity index (χ2v) is 8.52. The Bertz CT molecular complexity index is 791. The Balaban J connectivity index is 1.40. The zero-order chi connectivity index (χ0) is 21.2. The number of hydrogen-bond acceptors (Lipinski definition) is 5. The van der Waals surface area contributed by atoms with Crippen molar-refractivity contribution in [2.45, 2.75) is 82.7 Å². The van der Waals surface area contributed by atoms with E-state index in [0.29, 0.717) is 13.0 Å². The molecular formula is C24H37N5O. The predicted molar refractivity (Wildman–Crippen MR) is 122 cm³/mol. The van der Waals surface area contributed by atoms with E-state index in [1.807, 2.05) is 23.1 Å². The van der Waals surface area contributed by atoms with Crippen LogP contribution >= 0.6 is 0 Å². The van der Waals surface area contributed by atoms with Crippen LogP contribution in [-0.2, 0) is 4.79 Å². The van der Waals surface area contributed by atoms with Gasteiger partial charge in [-0.15, -0.1) is 0 Å². The Hall–Kier alpha value is -2.05. The molecule has 1 aromatic heterocycles.